The standard InChI is InChI=1S/C37H50N6O7/c1-37(2,3)50-35(47)40-23-20-31(34(46)39-19-11-9-17-30-33(45)41-29(32(44)42-30)16-8-10-18-38)43(21-23)36(48)49-22-28-26-14-6-4-12-24(26)25-13-5-7-15-27(25)28/h4-7,12-15,23,28-31H,8-11,16-22,38H2,1-3H3,(H,39,46)(H,40,47)(H,41,45)(H,42,44)/t23-,29?,30?,31+/m0/s1. The lowest BCUT2D eigenvalue weighted by molar-refractivity contribution is -0.137. The molecule has 1 aliphatic carbocycles. The fraction of sp³-hybridized carbons (Fsp3) is 0.541. The fourth-order valence-electron chi connectivity index (χ4n) is 6.92. The lowest BCUT2D eigenvalue weighted by atomic mass is 9.98. The van der Waals surface area contributed by atoms with Gasteiger partial charge in [-0.3, -0.25) is 19.3 Å². The van der Waals surface area contributed by atoms with E-state index in [2.05, 4.69) is 33.4 Å². The Labute approximate surface area is 293 Å². The number of fused-ring (bicyclic) bond motifs is 3. The third-order valence-electron chi connectivity index (χ3n) is 9.33. The van der Waals surface area contributed by atoms with Crippen LogP contribution in [-0.2, 0) is 23.9 Å². The number of alkyl carbamates (subject to hydrolysis) is 1. The van der Waals surface area contributed by atoms with Gasteiger partial charge in [0.25, 0.3) is 0 Å². The number of carbonyl (C=O) groups is 5. The summed E-state index contributed by atoms with van der Waals surface area (Å²) in [4.78, 5) is 66.0. The number of benzene rings is 2. The first-order chi connectivity index (χ1) is 23.9. The van der Waals surface area contributed by atoms with Crippen molar-refractivity contribution in [3.8, 4) is 11.1 Å². The molecule has 270 valence electrons. The van der Waals surface area contributed by atoms with Crippen molar-refractivity contribution in [1.82, 2.24) is 26.2 Å². The Morgan fingerprint density at radius 2 is 1.46 bits per heavy atom. The molecule has 0 aromatic heterocycles. The second-order valence-electron chi connectivity index (χ2n) is 14.2. The molecule has 2 unspecified atom stereocenters. The van der Waals surface area contributed by atoms with Crippen LogP contribution < -0.4 is 27.0 Å². The number of carbonyl (C=O) groups excluding carboxylic acids is 5. The van der Waals surface area contributed by atoms with E-state index in [1.165, 1.54) is 4.90 Å². The molecule has 5 amide bonds. The fourth-order valence-corrected chi connectivity index (χ4v) is 6.92. The summed E-state index contributed by atoms with van der Waals surface area (Å²) in [5.41, 5.74) is 9.19. The van der Waals surface area contributed by atoms with Gasteiger partial charge in [-0.05, 0) is 94.5 Å². The lowest BCUT2D eigenvalue weighted by Gasteiger charge is -2.29. The summed E-state index contributed by atoms with van der Waals surface area (Å²) >= 11 is 0. The third kappa shape index (κ3) is 9.12. The van der Waals surface area contributed by atoms with Crippen LogP contribution in [0.3, 0.4) is 0 Å². The molecule has 0 bridgehead atoms. The molecule has 6 N–H and O–H groups in total. The minimum absolute atomic E-state index is 0.0811. The van der Waals surface area contributed by atoms with Crippen molar-refractivity contribution >= 4 is 29.9 Å². The molecule has 2 aromatic rings. The molecule has 2 fully saturated rings. The van der Waals surface area contributed by atoms with Crippen LogP contribution in [-0.4, -0.2) is 90.8 Å². The number of hydrogen-bond acceptors (Lipinski definition) is 8. The van der Waals surface area contributed by atoms with Crippen molar-refractivity contribution in [2.24, 2.45) is 5.73 Å². The molecule has 2 heterocycles. The van der Waals surface area contributed by atoms with Crippen LogP contribution in [0.4, 0.5) is 9.59 Å². The Bertz CT molecular complexity index is 1510. The third-order valence-corrected chi connectivity index (χ3v) is 9.33. The second kappa shape index (κ2) is 16.4. The summed E-state index contributed by atoms with van der Waals surface area (Å²) in [7, 11) is 0. The number of piperazine rings is 1. The van der Waals surface area contributed by atoms with E-state index < -0.39 is 42.0 Å². The summed E-state index contributed by atoms with van der Waals surface area (Å²) < 4.78 is 11.3. The van der Waals surface area contributed by atoms with Crippen LogP contribution >= 0.6 is 0 Å². The number of hydrogen-bond donors (Lipinski definition) is 5. The maximum atomic E-state index is 13.6. The molecule has 3 aliphatic rings. The summed E-state index contributed by atoms with van der Waals surface area (Å²) in [5.74, 6) is -0.908. The zero-order valence-electron chi connectivity index (χ0n) is 29.2. The molecule has 0 spiro atoms. The minimum atomic E-state index is -0.870. The number of likely N-dealkylation sites (tertiary alicyclic amines) is 1. The van der Waals surface area contributed by atoms with Crippen LogP contribution in [0.15, 0.2) is 48.5 Å². The van der Waals surface area contributed by atoms with E-state index in [0.717, 1.165) is 35.1 Å². The topological polar surface area (TPSA) is 181 Å². The van der Waals surface area contributed by atoms with Crippen LogP contribution in [0.5, 0.6) is 0 Å². The maximum Gasteiger partial charge on any atom is 0.410 e. The number of nitrogens with zero attached hydrogens (tertiary/aromatic N) is 1. The van der Waals surface area contributed by atoms with E-state index in [1.807, 2.05) is 36.4 Å². The van der Waals surface area contributed by atoms with Crippen LogP contribution in [0, 0.1) is 0 Å². The van der Waals surface area contributed by atoms with Gasteiger partial charge in [0.2, 0.25) is 17.7 Å². The molecule has 0 radical (unpaired) electrons. The Morgan fingerprint density at radius 3 is 2.04 bits per heavy atom. The number of ether oxygens (including phenoxy) is 2. The van der Waals surface area contributed by atoms with Crippen molar-refractivity contribution in [1.29, 1.82) is 0 Å². The van der Waals surface area contributed by atoms with Gasteiger partial charge in [-0.1, -0.05) is 48.5 Å². The van der Waals surface area contributed by atoms with E-state index >= 15 is 0 Å². The number of unbranched alkanes of at least 4 members (excludes halogenated alkanes) is 2. The van der Waals surface area contributed by atoms with Crippen molar-refractivity contribution in [3.63, 3.8) is 0 Å². The van der Waals surface area contributed by atoms with E-state index in [-0.39, 0.29) is 43.2 Å². The van der Waals surface area contributed by atoms with Crippen LogP contribution in [0.1, 0.15) is 82.8 Å². The highest BCUT2D eigenvalue weighted by Crippen LogP contribution is 2.44. The second-order valence-corrected chi connectivity index (χ2v) is 14.2. The van der Waals surface area contributed by atoms with Gasteiger partial charge in [0.1, 0.15) is 30.3 Å². The Kier molecular flexibility index (Phi) is 12.0. The van der Waals surface area contributed by atoms with E-state index in [0.29, 0.717) is 38.8 Å². The molecule has 4 atom stereocenters. The Balaban J connectivity index is 1.15. The molecular formula is C37H50N6O7. The van der Waals surface area contributed by atoms with Crippen molar-refractivity contribution in [2.75, 3.05) is 26.2 Å². The first-order valence-corrected chi connectivity index (χ1v) is 17.6. The Morgan fingerprint density at radius 1 is 0.880 bits per heavy atom. The van der Waals surface area contributed by atoms with Gasteiger partial charge >= 0.3 is 12.2 Å². The molecule has 2 aromatic carbocycles. The van der Waals surface area contributed by atoms with E-state index in [4.69, 9.17) is 15.2 Å². The van der Waals surface area contributed by atoms with Crippen molar-refractivity contribution < 1.29 is 33.4 Å². The lowest BCUT2D eigenvalue weighted by Crippen LogP contribution is -2.61. The average molecular weight is 691 g/mol. The summed E-state index contributed by atoms with van der Waals surface area (Å²) in [6.45, 7) is 6.31. The summed E-state index contributed by atoms with van der Waals surface area (Å²) in [5, 5.41) is 11.3. The van der Waals surface area contributed by atoms with E-state index in [9.17, 15) is 24.0 Å². The van der Waals surface area contributed by atoms with Crippen molar-refractivity contribution in [3.05, 3.63) is 59.7 Å². The smallest absolute Gasteiger partial charge is 0.410 e. The molecule has 0 saturated carbocycles. The van der Waals surface area contributed by atoms with Gasteiger partial charge in [-0.15, -0.1) is 0 Å². The monoisotopic (exact) mass is 690 g/mol. The molecule has 13 nitrogen and oxygen atoms in total. The summed E-state index contributed by atoms with van der Waals surface area (Å²) in [6.07, 6.45) is 2.60. The zero-order valence-corrected chi connectivity index (χ0v) is 29.2. The van der Waals surface area contributed by atoms with Gasteiger partial charge in [-0.2, -0.15) is 0 Å². The van der Waals surface area contributed by atoms with Gasteiger partial charge in [0.05, 0.1) is 6.04 Å². The quantitative estimate of drug-likeness (QED) is 0.199. The number of amides is 5. The molecule has 13 heteroatoms. The van der Waals surface area contributed by atoms with Gasteiger partial charge in [0, 0.05) is 19.0 Å². The predicted molar refractivity (Wildman–Crippen MR) is 187 cm³/mol. The SMILES string of the molecule is CC(C)(C)OC(=O)N[C@H]1C[C@H](C(=O)NCCCCC2NC(=O)C(CCCCN)NC2=O)N(C(=O)OCC2c3ccccc3-c3ccccc32)C1. The molecule has 5 rings (SSSR count). The highest BCUT2D eigenvalue weighted by molar-refractivity contribution is 5.96. The first-order valence-electron chi connectivity index (χ1n) is 17.6. The Hall–Kier alpha value is -4.65. The largest absolute Gasteiger partial charge is 0.448 e. The van der Waals surface area contributed by atoms with Crippen molar-refractivity contribution in [2.45, 2.75) is 101 Å². The maximum absolute atomic E-state index is 13.6. The number of rotatable bonds is 13. The zero-order chi connectivity index (χ0) is 35.8. The molecule has 50 heavy (non-hydrogen) atoms. The van der Waals surface area contributed by atoms with E-state index in [1.54, 1.807) is 20.8 Å². The highest BCUT2D eigenvalue weighted by Gasteiger charge is 2.42. The van der Waals surface area contributed by atoms with Crippen LogP contribution in [0.25, 0.3) is 11.1 Å². The van der Waals surface area contributed by atoms with Gasteiger partial charge in [0.15, 0.2) is 0 Å². The highest BCUT2D eigenvalue weighted by atomic mass is 16.6. The first kappa shape index (κ1) is 36.6. The summed E-state index contributed by atoms with van der Waals surface area (Å²) in [6, 6.07) is 13.6. The molecular weight excluding hydrogens is 640 g/mol. The molecule has 2 saturated heterocycles. The number of nitrogens with one attached hydrogen (secondary N) is 4. The molecule has 2 aliphatic heterocycles. The van der Waals surface area contributed by atoms with Gasteiger partial charge < -0.3 is 36.5 Å². The average Bonchev–Trinajstić information content (AvgIpc) is 3.63. The predicted octanol–water partition coefficient (Wildman–Crippen LogP) is 3.30. The normalized spacial score (nSPS) is 21.5. The van der Waals surface area contributed by atoms with Gasteiger partial charge in [-0.25, -0.2) is 9.59 Å². The minimum Gasteiger partial charge on any atom is -0.448 e. The van der Waals surface area contributed by atoms with Crippen LogP contribution in [0.2, 0.25) is 0 Å². The number of nitrogens with two attached hydrogens (primary N) is 1.